The average molecular weight is 239 g/mol. The van der Waals surface area contributed by atoms with Gasteiger partial charge >= 0.3 is 0 Å². The minimum Gasteiger partial charge on any atom is -0.314 e. The standard InChI is InChI=1S/C14H19F2N/c1-10-7-8-17-11(9-10)5-6-12-13(15)3-2-4-14(12)16/h2-4,10-11,17H,5-9H2,1H3. The molecule has 0 amide bonds. The van der Waals surface area contributed by atoms with Crippen molar-refractivity contribution in [2.45, 2.75) is 38.6 Å². The number of rotatable bonds is 3. The molecule has 3 heteroatoms. The molecular weight excluding hydrogens is 220 g/mol. The highest BCUT2D eigenvalue weighted by molar-refractivity contribution is 5.19. The van der Waals surface area contributed by atoms with Crippen LogP contribution in [0.3, 0.4) is 0 Å². The van der Waals surface area contributed by atoms with E-state index in [1.165, 1.54) is 24.6 Å². The Balaban J connectivity index is 1.93. The van der Waals surface area contributed by atoms with E-state index in [4.69, 9.17) is 0 Å². The van der Waals surface area contributed by atoms with Crippen molar-refractivity contribution in [1.82, 2.24) is 5.32 Å². The first-order valence-corrected chi connectivity index (χ1v) is 6.33. The maximum absolute atomic E-state index is 13.4. The number of hydrogen-bond donors (Lipinski definition) is 1. The van der Waals surface area contributed by atoms with Crippen LogP contribution in [0.1, 0.15) is 31.7 Å². The lowest BCUT2D eigenvalue weighted by Gasteiger charge is -2.28. The highest BCUT2D eigenvalue weighted by Gasteiger charge is 2.19. The first-order chi connectivity index (χ1) is 8.16. The Morgan fingerprint density at radius 1 is 1.29 bits per heavy atom. The molecule has 1 saturated heterocycles. The molecule has 1 N–H and O–H groups in total. The van der Waals surface area contributed by atoms with Gasteiger partial charge in [-0.05, 0) is 50.3 Å². The SMILES string of the molecule is CC1CCNC(CCc2c(F)cccc2F)C1. The van der Waals surface area contributed by atoms with E-state index in [9.17, 15) is 8.78 Å². The van der Waals surface area contributed by atoms with Crippen molar-refractivity contribution in [1.29, 1.82) is 0 Å². The Hall–Kier alpha value is -0.960. The molecule has 0 aromatic heterocycles. The molecule has 2 unspecified atom stereocenters. The topological polar surface area (TPSA) is 12.0 Å². The number of halogens is 2. The summed E-state index contributed by atoms with van der Waals surface area (Å²) in [5, 5.41) is 3.41. The Morgan fingerprint density at radius 2 is 2.00 bits per heavy atom. The molecule has 1 aliphatic heterocycles. The molecule has 1 heterocycles. The Labute approximate surface area is 101 Å². The average Bonchev–Trinajstić information content (AvgIpc) is 2.28. The van der Waals surface area contributed by atoms with Crippen LogP contribution in [-0.4, -0.2) is 12.6 Å². The summed E-state index contributed by atoms with van der Waals surface area (Å²) in [5.41, 5.74) is 0.229. The quantitative estimate of drug-likeness (QED) is 0.853. The number of nitrogens with one attached hydrogen (secondary N) is 1. The molecule has 94 valence electrons. The second kappa shape index (κ2) is 5.58. The van der Waals surface area contributed by atoms with Crippen molar-refractivity contribution in [3.63, 3.8) is 0 Å². The molecule has 17 heavy (non-hydrogen) atoms. The van der Waals surface area contributed by atoms with E-state index in [1.54, 1.807) is 0 Å². The lowest BCUT2D eigenvalue weighted by atomic mass is 9.91. The first kappa shape index (κ1) is 12.5. The summed E-state index contributed by atoms with van der Waals surface area (Å²) in [6, 6.07) is 4.47. The zero-order valence-electron chi connectivity index (χ0n) is 10.2. The van der Waals surface area contributed by atoms with E-state index in [0.717, 1.165) is 19.4 Å². The molecular formula is C14H19F2N. The van der Waals surface area contributed by atoms with Gasteiger partial charge in [0, 0.05) is 11.6 Å². The molecule has 0 bridgehead atoms. The maximum atomic E-state index is 13.4. The summed E-state index contributed by atoms with van der Waals surface area (Å²) in [6.07, 6.45) is 3.59. The predicted octanol–water partition coefficient (Wildman–Crippen LogP) is 3.29. The number of hydrogen-bond acceptors (Lipinski definition) is 1. The fraction of sp³-hybridized carbons (Fsp3) is 0.571. The smallest absolute Gasteiger partial charge is 0.129 e. The molecule has 1 aromatic carbocycles. The summed E-state index contributed by atoms with van der Waals surface area (Å²) in [5.74, 6) is -0.130. The minimum atomic E-state index is -0.422. The van der Waals surface area contributed by atoms with Crippen molar-refractivity contribution in [2.75, 3.05) is 6.54 Å². The third kappa shape index (κ3) is 3.25. The lowest BCUT2D eigenvalue weighted by molar-refractivity contribution is 0.306. The van der Waals surface area contributed by atoms with Crippen LogP contribution in [0, 0.1) is 17.6 Å². The molecule has 1 aliphatic rings. The fourth-order valence-corrected chi connectivity index (χ4v) is 2.53. The van der Waals surface area contributed by atoms with Crippen molar-refractivity contribution in [3.8, 4) is 0 Å². The van der Waals surface area contributed by atoms with Crippen LogP contribution in [0.5, 0.6) is 0 Å². The molecule has 0 radical (unpaired) electrons. The van der Waals surface area contributed by atoms with Gasteiger partial charge in [-0.3, -0.25) is 0 Å². The van der Waals surface area contributed by atoms with Crippen LogP contribution in [0.15, 0.2) is 18.2 Å². The third-order valence-corrected chi connectivity index (χ3v) is 3.56. The zero-order chi connectivity index (χ0) is 12.3. The van der Waals surface area contributed by atoms with Gasteiger partial charge in [0.2, 0.25) is 0 Å². The van der Waals surface area contributed by atoms with E-state index in [-0.39, 0.29) is 5.56 Å². The van der Waals surface area contributed by atoms with Gasteiger partial charge in [0.1, 0.15) is 11.6 Å². The van der Waals surface area contributed by atoms with Gasteiger partial charge in [-0.1, -0.05) is 13.0 Å². The molecule has 1 fully saturated rings. The van der Waals surface area contributed by atoms with Gasteiger partial charge in [-0.2, -0.15) is 0 Å². The fourth-order valence-electron chi connectivity index (χ4n) is 2.53. The van der Waals surface area contributed by atoms with Crippen LogP contribution >= 0.6 is 0 Å². The van der Waals surface area contributed by atoms with Crippen molar-refractivity contribution < 1.29 is 8.78 Å². The zero-order valence-corrected chi connectivity index (χ0v) is 10.2. The van der Waals surface area contributed by atoms with Gasteiger partial charge in [-0.25, -0.2) is 8.78 Å². The van der Waals surface area contributed by atoms with E-state index in [2.05, 4.69) is 12.2 Å². The van der Waals surface area contributed by atoms with E-state index >= 15 is 0 Å². The largest absolute Gasteiger partial charge is 0.314 e. The Kier molecular flexibility index (Phi) is 4.11. The van der Waals surface area contributed by atoms with Gasteiger partial charge in [0.15, 0.2) is 0 Å². The van der Waals surface area contributed by atoms with Crippen LogP contribution in [-0.2, 0) is 6.42 Å². The molecule has 1 nitrogen and oxygen atoms in total. The second-order valence-electron chi connectivity index (χ2n) is 5.02. The first-order valence-electron chi connectivity index (χ1n) is 6.33. The predicted molar refractivity (Wildman–Crippen MR) is 64.9 cm³/mol. The number of piperidine rings is 1. The molecule has 0 aliphatic carbocycles. The summed E-state index contributed by atoms with van der Waals surface area (Å²) in [4.78, 5) is 0. The summed E-state index contributed by atoms with van der Waals surface area (Å²) in [6.45, 7) is 3.25. The number of benzene rings is 1. The van der Waals surface area contributed by atoms with Crippen LogP contribution in [0.25, 0.3) is 0 Å². The van der Waals surface area contributed by atoms with Crippen LogP contribution < -0.4 is 5.32 Å². The van der Waals surface area contributed by atoms with Crippen molar-refractivity contribution in [2.24, 2.45) is 5.92 Å². The minimum absolute atomic E-state index is 0.229. The van der Waals surface area contributed by atoms with Gasteiger partial charge < -0.3 is 5.32 Å². The summed E-state index contributed by atoms with van der Waals surface area (Å²) < 4.78 is 26.8. The highest BCUT2D eigenvalue weighted by atomic mass is 19.1. The molecule has 2 rings (SSSR count). The van der Waals surface area contributed by atoms with E-state index < -0.39 is 11.6 Å². The Bertz CT molecular complexity index is 358. The third-order valence-electron chi connectivity index (χ3n) is 3.56. The van der Waals surface area contributed by atoms with Crippen molar-refractivity contribution >= 4 is 0 Å². The monoisotopic (exact) mass is 239 g/mol. The molecule has 2 atom stereocenters. The van der Waals surface area contributed by atoms with Gasteiger partial charge in [0.05, 0.1) is 0 Å². The molecule has 0 spiro atoms. The second-order valence-corrected chi connectivity index (χ2v) is 5.02. The highest BCUT2D eigenvalue weighted by Crippen LogP contribution is 2.20. The molecule has 0 saturated carbocycles. The van der Waals surface area contributed by atoms with Crippen LogP contribution in [0.2, 0.25) is 0 Å². The van der Waals surface area contributed by atoms with E-state index in [1.807, 2.05) is 0 Å². The maximum Gasteiger partial charge on any atom is 0.129 e. The van der Waals surface area contributed by atoms with Gasteiger partial charge in [-0.15, -0.1) is 0 Å². The molecule has 1 aromatic rings. The Morgan fingerprint density at radius 3 is 2.65 bits per heavy atom. The van der Waals surface area contributed by atoms with Gasteiger partial charge in [0.25, 0.3) is 0 Å². The van der Waals surface area contributed by atoms with Crippen LogP contribution in [0.4, 0.5) is 8.78 Å². The lowest BCUT2D eigenvalue weighted by Crippen LogP contribution is -2.37. The summed E-state index contributed by atoms with van der Waals surface area (Å²) in [7, 11) is 0. The van der Waals surface area contributed by atoms with Crippen molar-refractivity contribution in [3.05, 3.63) is 35.4 Å². The normalized spacial score (nSPS) is 24.9. The van der Waals surface area contributed by atoms with E-state index in [0.29, 0.717) is 18.4 Å². The summed E-state index contributed by atoms with van der Waals surface area (Å²) >= 11 is 0.